The van der Waals surface area contributed by atoms with Crippen molar-refractivity contribution < 1.29 is 10.0 Å². The number of nitrogens with one attached hydrogen (secondary N) is 2. The van der Waals surface area contributed by atoms with Crippen molar-refractivity contribution in [2.24, 2.45) is 0 Å². The quantitative estimate of drug-likeness (QED) is 0.272. The van der Waals surface area contributed by atoms with Gasteiger partial charge in [-0.15, -0.1) is 10.2 Å². The van der Waals surface area contributed by atoms with E-state index in [0.717, 1.165) is 27.9 Å². The lowest BCUT2D eigenvalue weighted by atomic mass is 10.1. The lowest BCUT2D eigenvalue weighted by molar-refractivity contribution is -0.126. The van der Waals surface area contributed by atoms with Gasteiger partial charge in [0.15, 0.2) is 11.0 Å². The summed E-state index contributed by atoms with van der Waals surface area (Å²) in [4.78, 5) is 14.7. The highest BCUT2D eigenvalue weighted by Crippen LogP contribution is 2.30. The molecule has 0 fully saturated rings. The monoisotopic (exact) mass is 379 g/mol. The van der Waals surface area contributed by atoms with Crippen molar-refractivity contribution in [3.63, 3.8) is 0 Å². The highest BCUT2D eigenvalue weighted by molar-refractivity contribution is 7.99. The first-order valence-electron chi connectivity index (χ1n) is 8.35. The summed E-state index contributed by atoms with van der Waals surface area (Å²) in [5, 5.41) is 19.1. The van der Waals surface area contributed by atoms with Crippen LogP contribution >= 0.6 is 11.8 Å². The van der Waals surface area contributed by atoms with Crippen LogP contribution in [-0.2, 0) is 11.3 Å². The zero-order valence-electron chi connectivity index (χ0n) is 14.3. The van der Waals surface area contributed by atoms with Crippen LogP contribution in [0.2, 0.25) is 0 Å². The molecule has 0 unspecified atom stereocenters. The predicted molar refractivity (Wildman–Crippen MR) is 104 cm³/mol. The minimum atomic E-state index is -0.483. The summed E-state index contributed by atoms with van der Waals surface area (Å²) in [6.45, 7) is 0.575. The average molecular weight is 379 g/mol. The zero-order valence-corrected chi connectivity index (χ0v) is 15.1. The third-order valence-electron chi connectivity index (χ3n) is 4.19. The van der Waals surface area contributed by atoms with Crippen LogP contribution < -0.4 is 5.48 Å². The van der Waals surface area contributed by atoms with Gasteiger partial charge in [-0.05, 0) is 11.6 Å². The van der Waals surface area contributed by atoms with E-state index in [1.54, 1.807) is 5.48 Å². The molecule has 0 atom stereocenters. The molecular weight excluding hydrogens is 362 g/mol. The van der Waals surface area contributed by atoms with E-state index in [4.69, 9.17) is 5.21 Å². The molecule has 0 aliphatic rings. The van der Waals surface area contributed by atoms with Crippen molar-refractivity contribution in [1.82, 2.24) is 25.2 Å². The number of aromatic nitrogens is 4. The first-order valence-corrected chi connectivity index (χ1v) is 9.34. The Morgan fingerprint density at radius 2 is 1.89 bits per heavy atom. The minimum absolute atomic E-state index is 0.0529. The molecule has 0 bridgehead atoms. The average Bonchev–Trinajstić information content (AvgIpc) is 3.30. The topological polar surface area (TPSA) is 95.8 Å². The Morgan fingerprint density at radius 1 is 1.11 bits per heavy atom. The maximum absolute atomic E-state index is 11.4. The van der Waals surface area contributed by atoms with Gasteiger partial charge in [-0.1, -0.05) is 60.3 Å². The van der Waals surface area contributed by atoms with Gasteiger partial charge in [0.05, 0.1) is 12.3 Å². The van der Waals surface area contributed by atoms with Crippen LogP contribution in [0.5, 0.6) is 0 Å². The fraction of sp³-hybridized carbons (Fsp3) is 0.105. The molecule has 2 aromatic carbocycles. The number of hydrogen-bond acceptors (Lipinski definition) is 5. The first kappa shape index (κ1) is 17.3. The second-order valence-electron chi connectivity index (χ2n) is 5.95. The first-order chi connectivity index (χ1) is 13.3. The minimum Gasteiger partial charge on any atom is -0.360 e. The maximum atomic E-state index is 11.4. The number of nitrogens with zero attached hydrogens (tertiary/aromatic N) is 3. The number of rotatable bonds is 6. The van der Waals surface area contributed by atoms with E-state index in [9.17, 15) is 4.79 Å². The molecule has 0 aliphatic carbocycles. The van der Waals surface area contributed by atoms with Crippen LogP contribution in [0.15, 0.2) is 66.0 Å². The third kappa shape index (κ3) is 3.57. The van der Waals surface area contributed by atoms with Crippen LogP contribution in [0.4, 0.5) is 0 Å². The van der Waals surface area contributed by atoms with Gasteiger partial charge >= 0.3 is 0 Å². The summed E-state index contributed by atoms with van der Waals surface area (Å²) in [6, 6.07) is 18.0. The molecule has 3 N–H and O–H groups in total. The van der Waals surface area contributed by atoms with Crippen molar-refractivity contribution >= 4 is 28.6 Å². The summed E-state index contributed by atoms with van der Waals surface area (Å²) in [6.07, 6.45) is 1.92. The summed E-state index contributed by atoms with van der Waals surface area (Å²) < 4.78 is 1.99. The van der Waals surface area contributed by atoms with Crippen molar-refractivity contribution in [3.05, 3.63) is 66.4 Å². The van der Waals surface area contributed by atoms with Crippen molar-refractivity contribution in [2.75, 3.05) is 5.75 Å². The van der Waals surface area contributed by atoms with Gasteiger partial charge in [-0.3, -0.25) is 14.6 Å². The zero-order chi connectivity index (χ0) is 18.6. The van der Waals surface area contributed by atoms with Crippen LogP contribution in [-0.4, -0.2) is 36.6 Å². The highest BCUT2D eigenvalue weighted by atomic mass is 32.2. The van der Waals surface area contributed by atoms with Crippen LogP contribution in [0.1, 0.15) is 5.56 Å². The third-order valence-corrected chi connectivity index (χ3v) is 5.15. The normalized spacial score (nSPS) is 11.0. The molecule has 2 aromatic heterocycles. The molecule has 27 heavy (non-hydrogen) atoms. The van der Waals surface area contributed by atoms with Crippen LogP contribution in [0.25, 0.3) is 22.3 Å². The molecule has 1 amide bonds. The Morgan fingerprint density at radius 3 is 2.70 bits per heavy atom. The number of carbonyl (C=O) groups excluding carboxylic acids is 1. The van der Waals surface area contributed by atoms with E-state index in [0.29, 0.717) is 11.7 Å². The fourth-order valence-corrected chi connectivity index (χ4v) is 3.65. The number of benzene rings is 2. The molecule has 136 valence electrons. The van der Waals surface area contributed by atoms with E-state index in [1.165, 1.54) is 11.8 Å². The van der Waals surface area contributed by atoms with E-state index in [1.807, 2.05) is 65.4 Å². The smallest absolute Gasteiger partial charge is 0.253 e. The SMILES string of the molecule is O=C(CSc1nnc(-c2c[nH]c3ccccc23)n1Cc1ccccc1)NO. The number of thioether (sulfide) groups is 1. The molecule has 0 saturated carbocycles. The molecule has 0 radical (unpaired) electrons. The van der Waals surface area contributed by atoms with Gasteiger partial charge in [-0.25, -0.2) is 5.48 Å². The molecule has 7 nitrogen and oxygen atoms in total. The number of aromatic amines is 1. The van der Waals surface area contributed by atoms with Crippen LogP contribution in [0.3, 0.4) is 0 Å². The Hall–Kier alpha value is -3.10. The van der Waals surface area contributed by atoms with Gasteiger partial charge in [0.2, 0.25) is 0 Å². The molecular formula is C19H17N5O2S. The largest absolute Gasteiger partial charge is 0.360 e. The Bertz CT molecular complexity index is 1070. The van der Waals surface area contributed by atoms with Crippen molar-refractivity contribution in [1.29, 1.82) is 0 Å². The number of amides is 1. The Labute approximate surface area is 159 Å². The van der Waals surface area contributed by atoms with Crippen LogP contribution in [0, 0.1) is 0 Å². The predicted octanol–water partition coefficient (Wildman–Crippen LogP) is 3.07. The molecule has 4 rings (SSSR count). The van der Waals surface area contributed by atoms with Gasteiger partial charge in [0, 0.05) is 22.7 Å². The van der Waals surface area contributed by atoms with E-state index < -0.39 is 5.91 Å². The van der Waals surface area contributed by atoms with E-state index >= 15 is 0 Å². The van der Waals surface area contributed by atoms with Gasteiger partial charge < -0.3 is 4.98 Å². The number of H-pyrrole nitrogens is 1. The summed E-state index contributed by atoms with van der Waals surface area (Å²) in [5.74, 6) is 0.295. The lowest BCUT2D eigenvalue weighted by Crippen LogP contribution is -2.20. The highest BCUT2D eigenvalue weighted by Gasteiger charge is 2.18. The molecule has 2 heterocycles. The van der Waals surface area contributed by atoms with Crippen molar-refractivity contribution in [3.8, 4) is 11.4 Å². The molecule has 0 spiro atoms. The molecule has 8 heteroatoms. The molecule has 0 saturated heterocycles. The number of carbonyl (C=O) groups is 1. The van der Waals surface area contributed by atoms with Crippen molar-refractivity contribution in [2.45, 2.75) is 11.7 Å². The van der Waals surface area contributed by atoms with Gasteiger partial charge in [-0.2, -0.15) is 0 Å². The standard InChI is InChI=1S/C19H17N5O2S/c25-17(23-26)12-27-19-22-21-18(24(19)11-13-6-2-1-3-7-13)15-10-20-16-9-5-4-8-14(15)16/h1-10,20,26H,11-12H2,(H,23,25). The molecule has 0 aliphatic heterocycles. The molecule has 4 aromatic rings. The number of hydroxylamine groups is 1. The summed E-state index contributed by atoms with van der Waals surface area (Å²) >= 11 is 1.23. The second kappa shape index (κ2) is 7.65. The number of hydrogen-bond donors (Lipinski definition) is 3. The Balaban J connectivity index is 1.76. The van der Waals surface area contributed by atoms with Gasteiger partial charge in [0.1, 0.15) is 0 Å². The summed E-state index contributed by atoms with van der Waals surface area (Å²) in [7, 11) is 0. The second-order valence-corrected chi connectivity index (χ2v) is 6.89. The number of fused-ring (bicyclic) bond motifs is 1. The lowest BCUT2D eigenvalue weighted by Gasteiger charge is -2.10. The number of para-hydroxylation sites is 1. The maximum Gasteiger partial charge on any atom is 0.253 e. The fourth-order valence-electron chi connectivity index (χ4n) is 2.92. The van der Waals surface area contributed by atoms with Gasteiger partial charge in [0.25, 0.3) is 5.91 Å². The van der Waals surface area contributed by atoms with E-state index in [-0.39, 0.29) is 5.75 Å². The van der Waals surface area contributed by atoms with E-state index in [2.05, 4.69) is 15.2 Å². The summed E-state index contributed by atoms with van der Waals surface area (Å²) in [5.41, 5.74) is 4.72. The Kier molecular flexibility index (Phi) is 4.91.